The standard InChI is InChI=1S/C20H24N4O/c1-23-13-10-22-20(23)19(25)18-5-3-12-24(15-18)11-2-4-16-6-8-17(14-21)9-7-16/h2,4,6-10,13,18-19,25H,3,5,11-12,15H2,1H3/b4-2+. The number of imidazole rings is 1. The van der Waals surface area contributed by atoms with Crippen molar-refractivity contribution in [2.24, 2.45) is 13.0 Å². The van der Waals surface area contributed by atoms with Gasteiger partial charge in [0.15, 0.2) is 0 Å². The number of aryl methyl sites for hydroxylation is 1. The molecule has 0 spiro atoms. The van der Waals surface area contributed by atoms with E-state index in [1.54, 1.807) is 6.20 Å². The molecule has 0 aliphatic carbocycles. The van der Waals surface area contributed by atoms with Crippen LogP contribution in [0.5, 0.6) is 0 Å². The number of benzene rings is 1. The third kappa shape index (κ3) is 4.36. The molecule has 2 atom stereocenters. The summed E-state index contributed by atoms with van der Waals surface area (Å²) in [6.07, 6.45) is 9.46. The highest BCUT2D eigenvalue weighted by Gasteiger charge is 2.28. The smallest absolute Gasteiger partial charge is 0.137 e. The quantitative estimate of drug-likeness (QED) is 0.912. The van der Waals surface area contributed by atoms with Gasteiger partial charge in [-0.2, -0.15) is 5.26 Å². The molecule has 1 saturated heterocycles. The van der Waals surface area contributed by atoms with Crippen molar-refractivity contribution in [2.75, 3.05) is 19.6 Å². The molecule has 2 unspecified atom stereocenters. The molecule has 1 aliphatic rings. The number of hydrogen-bond acceptors (Lipinski definition) is 4. The minimum atomic E-state index is -0.509. The zero-order chi connectivity index (χ0) is 17.6. The lowest BCUT2D eigenvalue weighted by Gasteiger charge is -2.34. The van der Waals surface area contributed by atoms with Crippen LogP contribution >= 0.6 is 0 Å². The fraction of sp³-hybridized carbons (Fsp3) is 0.400. The van der Waals surface area contributed by atoms with Crippen LogP contribution in [0, 0.1) is 17.2 Å². The van der Waals surface area contributed by atoms with Crippen molar-refractivity contribution < 1.29 is 5.11 Å². The SMILES string of the molecule is Cn1ccnc1C(O)C1CCCN(C/C=C/c2ccc(C#N)cc2)C1. The van der Waals surface area contributed by atoms with Gasteiger partial charge >= 0.3 is 0 Å². The molecule has 1 fully saturated rings. The summed E-state index contributed by atoms with van der Waals surface area (Å²) < 4.78 is 1.90. The summed E-state index contributed by atoms with van der Waals surface area (Å²) in [5, 5.41) is 19.5. The Bertz CT molecular complexity index is 757. The van der Waals surface area contributed by atoms with E-state index in [9.17, 15) is 5.11 Å². The third-order valence-electron chi connectivity index (χ3n) is 4.83. The second-order valence-corrected chi connectivity index (χ2v) is 6.64. The number of hydrogen-bond donors (Lipinski definition) is 1. The summed E-state index contributed by atoms with van der Waals surface area (Å²) in [6.45, 7) is 2.80. The van der Waals surface area contributed by atoms with Crippen LogP contribution < -0.4 is 0 Å². The largest absolute Gasteiger partial charge is 0.385 e. The molecule has 0 radical (unpaired) electrons. The van der Waals surface area contributed by atoms with Crippen LogP contribution in [-0.2, 0) is 7.05 Å². The van der Waals surface area contributed by atoms with Gasteiger partial charge in [0.05, 0.1) is 11.6 Å². The number of aromatic nitrogens is 2. The summed E-state index contributed by atoms with van der Waals surface area (Å²) in [4.78, 5) is 6.66. The van der Waals surface area contributed by atoms with E-state index in [0.717, 1.165) is 43.9 Å². The zero-order valence-electron chi connectivity index (χ0n) is 14.5. The Labute approximate surface area is 148 Å². The maximum absolute atomic E-state index is 10.6. The Morgan fingerprint density at radius 3 is 2.88 bits per heavy atom. The first-order valence-electron chi connectivity index (χ1n) is 8.71. The van der Waals surface area contributed by atoms with Gasteiger partial charge in [0, 0.05) is 38.4 Å². The van der Waals surface area contributed by atoms with E-state index < -0.39 is 6.10 Å². The molecule has 5 heteroatoms. The van der Waals surface area contributed by atoms with Gasteiger partial charge in [-0.25, -0.2) is 4.98 Å². The average Bonchev–Trinajstić information content (AvgIpc) is 3.08. The van der Waals surface area contributed by atoms with Crippen LogP contribution in [0.3, 0.4) is 0 Å². The van der Waals surface area contributed by atoms with Gasteiger partial charge in [0.2, 0.25) is 0 Å². The van der Waals surface area contributed by atoms with E-state index in [4.69, 9.17) is 5.26 Å². The molecule has 130 valence electrons. The van der Waals surface area contributed by atoms with E-state index in [1.165, 1.54) is 0 Å². The van der Waals surface area contributed by atoms with Crippen molar-refractivity contribution in [3.05, 3.63) is 59.7 Å². The van der Waals surface area contributed by atoms with Crippen LogP contribution in [-0.4, -0.2) is 39.2 Å². The van der Waals surface area contributed by atoms with E-state index in [2.05, 4.69) is 28.1 Å². The molecule has 0 bridgehead atoms. The summed E-state index contributed by atoms with van der Waals surface area (Å²) in [7, 11) is 1.92. The summed E-state index contributed by atoms with van der Waals surface area (Å²) >= 11 is 0. The molecule has 3 rings (SSSR count). The monoisotopic (exact) mass is 336 g/mol. The highest BCUT2D eigenvalue weighted by atomic mass is 16.3. The van der Waals surface area contributed by atoms with Crippen molar-refractivity contribution in [3.8, 4) is 6.07 Å². The van der Waals surface area contributed by atoms with Crippen molar-refractivity contribution >= 4 is 6.08 Å². The second kappa shape index (κ2) is 8.11. The number of nitriles is 1. The van der Waals surface area contributed by atoms with E-state index in [-0.39, 0.29) is 5.92 Å². The number of rotatable bonds is 5. The Hall–Kier alpha value is -2.42. The summed E-state index contributed by atoms with van der Waals surface area (Å²) in [5.74, 6) is 0.970. The number of aliphatic hydroxyl groups excluding tert-OH is 1. The molecule has 1 aromatic carbocycles. The fourth-order valence-corrected chi connectivity index (χ4v) is 3.39. The Morgan fingerprint density at radius 1 is 1.40 bits per heavy atom. The Kier molecular flexibility index (Phi) is 5.64. The van der Waals surface area contributed by atoms with Crippen LogP contribution in [0.15, 0.2) is 42.7 Å². The lowest BCUT2D eigenvalue weighted by molar-refractivity contribution is 0.0468. The fourth-order valence-electron chi connectivity index (χ4n) is 3.39. The van der Waals surface area contributed by atoms with Gasteiger partial charge in [-0.05, 0) is 37.1 Å². The molecule has 1 aliphatic heterocycles. The maximum atomic E-state index is 10.6. The predicted octanol–water partition coefficient (Wildman–Crippen LogP) is 2.75. The Morgan fingerprint density at radius 2 is 2.20 bits per heavy atom. The lowest BCUT2D eigenvalue weighted by atomic mass is 9.92. The molecular weight excluding hydrogens is 312 g/mol. The molecule has 1 aromatic heterocycles. The van der Waals surface area contributed by atoms with E-state index in [1.807, 2.05) is 42.1 Å². The van der Waals surface area contributed by atoms with Crippen molar-refractivity contribution in [1.29, 1.82) is 5.26 Å². The third-order valence-corrected chi connectivity index (χ3v) is 4.83. The van der Waals surface area contributed by atoms with Crippen LogP contribution in [0.2, 0.25) is 0 Å². The van der Waals surface area contributed by atoms with Gasteiger partial charge in [0.1, 0.15) is 11.9 Å². The summed E-state index contributed by atoms with van der Waals surface area (Å²) in [5.41, 5.74) is 1.78. The van der Waals surface area contributed by atoms with Crippen LogP contribution in [0.4, 0.5) is 0 Å². The van der Waals surface area contributed by atoms with Crippen molar-refractivity contribution in [1.82, 2.24) is 14.5 Å². The van der Waals surface area contributed by atoms with Crippen molar-refractivity contribution in [2.45, 2.75) is 18.9 Å². The molecule has 25 heavy (non-hydrogen) atoms. The predicted molar refractivity (Wildman–Crippen MR) is 97.5 cm³/mol. The first kappa shape index (κ1) is 17.4. The van der Waals surface area contributed by atoms with Gasteiger partial charge in [-0.1, -0.05) is 24.3 Å². The van der Waals surface area contributed by atoms with Crippen molar-refractivity contribution in [3.63, 3.8) is 0 Å². The number of likely N-dealkylation sites (tertiary alicyclic amines) is 1. The van der Waals surface area contributed by atoms with Gasteiger partial charge in [-0.15, -0.1) is 0 Å². The van der Waals surface area contributed by atoms with Crippen LogP contribution in [0.1, 0.15) is 35.9 Å². The van der Waals surface area contributed by atoms with E-state index >= 15 is 0 Å². The molecule has 1 N–H and O–H groups in total. The summed E-state index contributed by atoms with van der Waals surface area (Å²) in [6, 6.07) is 9.71. The normalized spacial score (nSPS) is 19.8. The molecule has 0 saturated carbocycles. The first-order valence-corrected chi connectivity index (χ1v) is 8.71. The molecule has 0 amide bonds. The Balaban J connectivity index is 1.55. The maximum Gasteiger partial charge on any atom is 0.137 e. The highest BCUT2D eigenvalue weighted by molar-refractivity contribution is 5.51. The number of aliphatic hydroxyl groups is 1. The average molecular weight is 336 g/mol. The van der Waals surface area contributed by atoms with Gasteiger partial charge in [0.25, 0.3) is 0 Å². The van der Waals surface area contributed by atoms with Gasteiger partial charge in [-0.3, -0.25) is 4.90 Å². The molecule has 2 aromatic rings. The lowest BCUT2D eigenvalue weighted by Crippen LogP contribution is -2.38. The highest BCUT2D eigenvalue weighted by Crippen LogP contribution is 2.28. The number of nitrogens with zero attached hydrogens (tertiary/aromatic N) is 4. The molecule has 2 heterocycles. The molecular formula is C20H24N4O. The topological polar surface area (TPSA) is 65.1 Å². The minimum Gasteiger partial charge on any atom is -0.385 e. The molecule has 5 nitrogen and oxygen atoms in total. The first-order chi connectivity index (χ1) is 12.2. The second-order valence-electron chi connectivity index (χ2n) is 6.64. The van der Waals surface area contributed by atoms with Gasteiger partial charge < -0.3 is 9.67 Å². The van der Waals surface area contributed by atoms with E-state index in [0.29, 0.717) is 5.56 Å². The van der Waals surface area contributed by atoms with Crippen LogP contribution in [0.25, 0.3) is 6.08 Å². The minimum absolute atomic E-state index is 0.221. The number of piperidine rings is 1. The zero-order valence-corrected chi connectivity index (χ0v) is 14.5.